The molecule has 2 atom stereocenters. The molecule has 0 spiro atoms. The quantitative estimate of drug-likeness (QED) is 0.590. The molecule has 0 radical (unpaired) electrons. The van der Waals surface area contributed by atoms with Crippen LogP contribution < -0.4 is 10.9 Å². The Bertz CT molecular complexity index is 1030. The van der Waals surface area contributed by atoms with E-state index < -0.39 is 11.7 Å². The molecule has 0 amide bonds. The normalized spacial score (nSPS) is 19.7. The van der Waals surface area contributed by atoms with E-state index in [0.29, 0.717) is 45.8 Å². The standard InChI is InChI=1S/C21H22FN3O2S/c1-3-11(2)28-21-24-19-18(20(27)25-21)16(12-6-4-7-13(22)10-12)17-14(23-19)8-5-9-15(17)26/h4,6-7,10-11,16H,3,5,8-9H2,1-2H3,(H2,23,24,25,27). The predicted molar refractivity (Wildman–Crippen MR) is 108 cm³/mol. The maximum absolute atomic E-state index is 13.9. The van der Waals surface area contributed by atoms with E-state index in [4.69, 9.17) is 0 Å². The Morgan fingerprint density at radius 1 is 1.32 bits per heavy atom. The first kappa shape index (κ1) is 18.9. The van der Waals surface area contributed by atoms with Crippen LogP contribution in [0.3, 0.4) is 0 Å². The summed E-state index contributed by atoms with van der Waals surface area (Å²) in [6.07, 6.45) is 2.87. The monoisotopic (exact) mass is 399 g/mol. The molecule has 146 valence electrons. The van der Waals surface area contributed by atoms with Gasteiger partial charge in [-0.1, -0.05) is 37.7 Å². The molecule has 2 aromatic rings. The molecule has 1 aliphatic heterocycles. The molecule has 0 fully saturated rings. The zero-order valence-corrected chi connectivity index (χ0v) is 16.7. The molecule has 1 aliphatic carbocycles. The number of allylic oxidation sites excluding steroid dienone is 2. The summed E-state index contributed by atoms with van der Waals surface area (Å²) < 4.78 is 13.9. The van der Waals surface area contributed by atoms with E-state index in [-0.39, 0.29) is 11.3 Å². The Balaban J connectivity index is 1.90. The van der Waals surface area contributed by atoms with Crippen molar-refractivity contribution < 1.29 is 9.18 Å². The molecule has 0 saturated heterocycles. The number of thioether (sulfide) groups is 1. The van der Waals surface area contributed by atoms with Gasteiger partial charge in [0, 0.05) is 28.9 Å². The molecule has 1 aromatic carbocycles. The summed E-state index contributed by atoms with van der Waals surface area (Å²) in [6.45, 7) is 4.16. The molecule has 2 N–H and O–H groups in total. The van der Waals surface area contributed by atoms with Gasteiger partial charge in [-0.25, -0.2) is 9.37 Å². The lowest BCUT2D eigenvalue weighted by Crippen LogP contribution is -2.32. The van der Waals surface area contributed by atoms with E-state index >= 15 is 0 Å². The number of aromatic nitrogens is 2. The first-order valence-electron chi connectivity index (χ1n) is 9.57. The van der Waals surface area contributed by atoms with Crippen molar-refractivity contribution in [1.29, 1.82) is 0 Å². The van der Waals surface area contributed by atoms with Crippen molar-refractivity contribution in [3.05, 3.63) is 62.8 Å². The second-order valence-electron chi connectivity index (χ2n) is 7.25. The smallest absolute Gasteiger partial charge is 0.257 e. The average molecular weight is 399 g/mol. The Kier molecular flexibility index (Phi) is 5.10. The summed E-state index contributed by atoms with van der Waals surface area (Å²) in [7, 11) is 0. The maximum atomic E-state index is 13.9. The lowest BCUT2D eigenvalue weighted by molar-refractivity contribution is -0.116. The van der Waals surface area contributed by atoms with Crippen LogP contribution >= 0.6 is 11.8 Å². The summed E-state index contributed by atoms with van der Waals surface area (Å²) in [4.78, 5) is 33.3. The fourth-order valence-corrected chi connectivity index (χ4v) is 4.63. The van der Waals surface area contributed by atoms with Gasteiger partial charge < -0.3 is 10.3 Å². The molecule has 28 heavy (non-hydrogen) atoms. The Labute approximate surface area is 166 Å². The first-order valence-corrected chi connectivity index (χ1v) is 10.5. The van der Waals surface area contributed by atoms with Gasteiger partial charge in [-0.2, -0.15) is 0 Å². The number of hydrogen-bond donors (Lipinski definition) is 2. The van der Waals surface area contributed by atoms with Gasteiger partial charge in [-0.05, 0) is 37.0 Å². The highest BCUT2D eigenvalue weighted by Crippen LogP contribution is 2.43. The topological polar surface area (TPSA) is 74.8 Å². The molecule has 1 aromatic heterocycles. The van der Waals surface area contributed by atoms with Crippen molar-refractivity contribution in [2.45, 2.75) is 55.9 Å². The number of halogens is 1. The van der Waals surface area contributed by atoms with Crippen LogP contribution in [0.15, 0.2) is 45.5 Å². The minimum Gasteiger partial charge on any atom is -0.343 e. The molecular formula is C21H22FN3O2S. The number of nitrogens with one attached hydrogen (secondary N) is 2. The van der Waals surface area contributed by atoms with Gasteiger partial charge in [-0.3, -0.25) is 9.59 Å². The van der Waals surface area contributed by atoms with Gasteiger partial charge in [0.05, 0.1) is 5.56 Å². The predicted octanol–water partition coefficient (Wildman–Crippen LogP) is 4.36. The van der Waals surface area contributed by atoms with Gasteiger partial charge in [0.1, 0.15) is 11.6 Å². The fourth-order valence-electron chi connectivity index (χ4n) is 3.79. The van der Waals surface area contributed by atoms with E-state index in [1.54, 1.807) is 12.1 Å². The largest absolute Gasteiger partial charge is 0.343 e. The molecule has 4 rings (SSSR count). The van der Waals surface area contributed by atoms with Crippen molar-refractivity contribution in [2.24, 2.45) is 0 Å². The summed E-state index contributed by atoms with van der Waals surface area (Å²) in [5, 5.41) is 4.10. The van der Waals surface area contributed by atoms with E-state index in [1.807, 2.05) is 0 Å². The van der Waals surface area contributed by atoms with Gasteiger partial charge in [0.25, 0.3) is 5.56 Å². The second-order valence-corrected chi connectivity index (χ2v) is 8.68. The number of aromatic amines is 1. The minimum atomic E-state index is -0.603. The molecule has 2 heterocycles. The molecule has 2 aliphatic rings. The number of carbonyl (C=O) groups excluding carboxylic acids is 1. The molecule has 7 heteroatoms. The third-order valence-corrected chi connectivity index (χ3v) is 6.46. The third-order valence-electron chi connectivity index (χ3n) is 5.31. The summed E-state index contributed by atoms with van der Waals surface area (Å²) >= 11 is 1.51. The lowest BCUT2D eigenvalue weighted by atomic mass is 9.76. The second kappa shape index (κ2) is 7.54. The zero-order chi connectivity index (χ0) is 19.8. The number of benzene rings is 1. The average Bonchev–Trinajstić information content (AvgIpc) is 2.66. The van der Waals surface area contributed by atoms with Crippen LogP contribution in [-0.4, -0.2) is 21.0 Å². The minimum absolute atomic E-state index is 0.00566. The Morgan fingerprint density at radius 2 is 2.14 bits per heavy atom. The van der Waals surface area contributed by atoms with E-state index in [9.17, 15) is 14.0 Å². The number of anilines is 1. The van der Waals surface area contributed by atoms with E-state index in [0.717, 1.165) is 18.5 Å². The highest BCUT2D eigenvalue weighted by atomic mass is 32.2. The van der Waals surface area contributed by atoms with Gasteiger partial charge in [0.2, 0.25) is 0 Å². The zero-order valence-electron chi connectivity index (χ0n) is 15.8. The van der Waals surface area contributed by atoms with Crippen molar-refractivity contribution in [2.75, 3.05) is 5.32 Å². The van der Waals surface area contributed by atoms with Crippen LogP contribution in [0.4, 0.5) is 10.2 Å². The van der Waals surface area contributed by atoms with Crippen molar-refractivity contribution in [1.82, 2.24) is 9.97 Å². The molecular weight excluding hydrogens is 377 g/mol. The maximum Gasteiger partial charge on any atom is 0.257 e. The van der Waals surface area contributed by atoms with E-state index in [2.05, 4.69) is 29.1 Å². The number of ketones is 1. The van der Waals surface area contributed by atoms with Gasteiger partial charge >= 0.3 is 0 Å². The number of H-pyrrole nitrogens is 1. The fraction of sp³-hybridized carbons (Fsp3) is 0.381. The Morgan fingerprint density at radius 3 is 2.89 bits per heavy atom. The van der Waals surface area contributed by atoms with Crippen LogP contribution in [-0.2, 0) is 4.79 Å². The summed E-state index contributed by atoms with van der Waals surface area (Å²) in [5.74, 6) is -0.520. The van der Waals surface area contributed by atoms with Crippen molar-refractivity contribution >= 4 is 23.4 Å². The number of carbonyl (C=O) groups is 1. The summed E-state index contributed by atoms with van der Waals surface area (Å²) in [6, 6.07) is 6.12. The SMILES string of the molecule is CCC(C)Sc1nc2c(c(=O)[nH]1)C(c1cccc(F)c1)C1=C(CCCC1=O)N2. The number of Topliss-reactive ketones (excluding diaryl/α,β-unsaturated/α-hetero) is 1. The van der Waals surface area contributed by atoms with Crippen LogP contribution in [0.2, 0.25) is 0 Å². The highest BCUT2D eigenvalue weighted by molar-refractivity contribution is 7.99. The van der Waals surface area contributed by atoms with Crippen LogP contribution in [0.1, 0.15) is 56.6 Å². The van der Waals surface area contributed by atoms with Crippen LogP contribution in [0.25, 0.3) is 0 Å². The summed E-state index contributed by atoms with van der Waals surface area (Å²) in [5.41, 5.74) is 2.06. The number of nitrogens with zero attached hydrogens (tertiary/aromatic N) is 1. The van der Waals surface area contributed by atoms with E-state index in [1.165, 1.54) is 23.9 Å². The highest BCUT2D eigenvalue weighted by Gasteiger charge is 2.38. The molecule has 0 saturated carbocycles. The van der Waals surface area contributed by atoms with Gasteiger partial charge in [-0.15, -0.1) is 0 Å². The van der Waals surface area contributed by atoms with Gasteiger partial charge in [0.15, 0.2) is 10.9 Å². The number of hydrogen-bond acceptors (Lipinski definition) is 5. The number of rotatable bonds is 4. The molecule has 0 bridgehead atoms. The first-order chi connectivity index (χ1) is 13.5. The molecule has 2 unspecified atom stereocenters. The van der Waals surface area contributed by atoms with Crippen molar-refractivity contribution in [3.8, 4) is 0 Å². The molecule has 5 nitrogen and oxygen atoms in total. The number of fused-ring (bicyclic) bond motifs is 1. The Hall–Kier alpha value is -2.41. The van der Waals surface area contributed by atoms with Crippen LogP contribution in [0.5, 0.6) is 0 Å². The lowest BCUT2D eigenvalue weighted by Gasteiger charge is -2.32. The van der Waals surface area contributed by atoms with Crippen molar-refractivity contribution in [3.63, 3.8) is 0 Å². The van der Waals surface area contributed by atoms with Crippen LogP contribution in [0, 0.1) is 5.82 Å². The third kappa shape index (κ3) is 3.39.